The second kappa shape index (κ2) is 5.87. The Morgan fingerprint density at radius 1 is 1.39 bits per heavy atom. The van der Waals surface area contributed by atoms with Crippen LogP contribution < -0.4 is 9.74 Å². The van der Waals surface area contributed by atoms with Gasteiger partial charge in [-0.25, -0.2) is 4.79 Å². The first-order valence-electron chi connectivity index (χ1n) is 6.49. The number of fused-ring (bicyclic) bond motifs is 1. The van der Waals surface area contributed by atoms with E-state index >= 15 is 0 Å². The second-order valence-corrected chi connectivity index (χ2v) is 6.22. The molecular formula is C12H12F3NO6S. The third kappa shape index (κ3) is 3.33. The molecule has 1 aliphatic heterocycles. The number of carbonyl (C=O) groups is 1. The number of carbonyl (C=O) groups excluding carboxylic acids is 1. The summed E-state index contributed by atoms with van der Waals surface area (Å²) in [6.45, 7) is 1.71. The lowest BCUT2D eigenvalue weighted by molar-refractivity contribution is -0.147. The van der Waals surface area contributed by atoms with Crippen LogP contribution in [0, 0.1) is 0 Å². The van der Waals surface area contributed by atoms with Gasteiger partial charge in [0.05, 0.1) is 6.61 Å². The molecule has 0 aliphatic carbocycles. The predicted octanol–water partition coefficient (Wildman–Crippen LogP) is 1.13. The molecular weight excluding hydrogens is 343 g/mol. The number of ether oxygens (including phenoxy) is 1. The topological polar surface area (TPSA) is 91.7 Å². The van der Waals surface area contributed by atoms with Crippen LogP contribution >= 0.6 is 0 Å². The molecule has 0 N–H and O–H groups in total. The lowest BCUT2D eigenvalue weighted by Crippen LogP contribution is -2.31. The predicted molar refractivity (Wildman–Crippen MR) is 70.3 cm³/mol. The molecule has 0 fully saturated rings. The van der Waals surface area contributed by atoms with Crippen molar-refractivity contribution in [2.24, 2.45) is 0 Å². The molecule has 23 heavy (non-hydrogen) atoms. The number of aryl methyl sites for hydroxylation is 1. The molecule has 0 spiro atoms. The Morgan fingerprint density at radius 2 is 2.04 bits per heavy atom. The van der Waals surface area contributed by atoms with Crippen molar-refractivity contribution in [3.63, 3.8) is 0 Å². The Kier molecular flexibility index (Phi) is 4.42. The number of aromatic nitrogens is 1. The summed E-state index contributed by atoms with van der Waals surface area (Å²) < 4.78 is 68.6. The summed E-state index contributed by atoms with van der Waals surface area (Å²) in [5, 5.41) is 0. The number of rotatable bonds is 4. The number of hydrogen-bond donors (Lipinski definition) is 0. The van der Waals surface area contributed by atoms with E-state index in [0.717, 1.165) is 10.6 Å². The molecule has 0 unspecified atom stereocenters. The highest BCUT2D eigenvalue weighted by molar-refractivity contribution is 7.88. The molecule has 1 aromatic heterocycles. The van der Waals surface area contributed by atoms with Gasteiger partial charge < -0.3 is 8.92 Å². The summed E-state index contributed by atoms with van der Waals surface area (Å²) in [4.78, 5) is 23.7. The van der Waals surface area contributed by atoms with Crippen molar-refractivity contribution in [3.05, 3.63) is 28.2 Å². The zero-order valence-corrected chi connectivity index (χ0v) is 12.6. The SMILES string of the molecule is CCOC(=O)[C@@H]1CCc2cc(OS(=O)(=O)C(F)(F)F)cc(=O)n21. The monoisotopic (exact) mass is 355 g/mol. The Labute approximate surface area is 128 Å². The normalized spacial score (nSPS) is 17.7. The maximum atomic E-state index is 12.3. The maximum Gasteiger partial charge on any atom is 0.534 e. The van der Waals surface area contributed by atoms with Gasteiger partial charge in [-0.05, 0) is 19.8 Å². The van der Waals surface area contributed by atoms with Gasteiger partial charge in [-0.2, -0.15) is 21.6 Å². The van der Waals surface area contributed by atoms with Crippen LogP contribution in [-0.2, 0) is 26.1 Å². The van der Waals surface area contributed by atoms with E-state index in [1.165, 1.54) is 0 Å². The minimum atomic E-state index is -5.86. The molecule has 2 heterocycles. The summed E-state index contributed by atoms with van der Waals surface area (Å²) in [5.41, 5.74) is -6.25. The first kappa shape index (κ1) is 17.3. The Balaban J connectivity index is 2.36. The molecule has 7 nitrogen and oxygen atoms in total. The third-order valence-corrected chi connectivity index (χ3v) is 4.13. The molecule has 0 saturated heterocycles. The van der Waals surface area contributed by atoms with Crippen molar-refractivity contribution < 1.29 is 35.3 Å². The number of pyridine rings is 1. The summed E-state index contributed by atoms with van der Waals surface area (Å²) in [5.74, 6) is -1.38. The van der Waals surface area contributed by atoms with Crippen molar-refractivity contribution in [2.75, 3.05) is 6.61 Å². The van der Waals surface area contributed by atoms with Crippen LogP contribution in [0.4, 0.5) is 13.2 Å². The highest BCUT2D eigenvalue weighted by Crippen LogP contribution is 2.30. The van der Waals surface area contributed by atoms with E-state index in [1.54, 1.807) is 6.92 Å². The van der Waals surface area contributed by atoms with E-state index < -0.39 is 38.9 Å². The van der Waals surface area contributed by atoms with Crippen LogP contribution in [0.2, 0.25) is 0 Å². The summed E-state index contributed by atoms with van der Waals surface area (Å²) in [6, 6.07) is 0.694. The number of esters is 1. The molecule has 0 radical (unpaired) electrons. The highest BCUT2D eigenvalue weighted by Gasteiger charge is 2.48. The number of halogens is 3. The average molecular weight is 355 g/mol. The fraction of sp³-hybridized carbons (Fsp3) is 0.500. The highest BCUT2D eigenvalue weighted by atomic mass is 32.2. The molecule has 0 saturated carbocycles. The van der Waals surface area contributed by atoms with E-state index in [4.69, 9.17) is 4.74 Å². The molecule has 1 aliphatic rings. The quantitative estimate of drug-likeness (QED) is 0.457. The molecule has 0 aromatic carbocycles. The zero-order chi connectivity index (χ0) is 17.4. The third-order valence-electron chi connectivity index (χ3n) is 3.16. The van der Waals surface area contributed by atoms with Crippen LogP contribution in [0.25, 0.3) is 0 Å². The smallest absolute Gasteiger partial charge is 0.464 e. The van der Waals surface area contributed by atoms with Gasteiger partial charge in [0.1, 0.15) is 11.8 Å². The first-order valence-corrected chi connectivity index (χ1v) is 7.90. The fourth-order valence-electron chi connectivity index (χ4n) is 2.25. The standard InChI is InChI=1S/C12H12F3NO6S/c1-2-21-11(18)9-4-3-7-5-8(6-10(17)16(7)9)22-23(19,20)12(13,14)15/h5-6,9H,2-4H2,1H3/t9-/m0/s1. The van der Waals surface area contributed by atoms with E-state index in [1.807, 2.05) is 0 Å². The largest absolute Gasteiger partial charge is 0.534 e. The van der Waals surface area contributed by atoms with Gasteiger partial charge in [0, 0.05) is 17.8 Å². The van der Waals surface area contributed by atoms with Crippen LogP contribution in [0.1, 0.15) is 25.1 Å². The zero-order valence-electron chi connectivity index (χ0n) is 11.8. The van der Waals surface area contributed by atoms with Crippen molar-refractivity contribution in [2.45, 2.75) is 31.3 Å². The minimum Gasteiger partial charge on any atom is -0.464 e. The molecule has 1 aromatic rings. The van der Waals surface area contributed by atoms with Gasteiger partial charge in [-0.3, -0.25) is 9.36 Å². The van der Waals surface area contributed by atoms with Gasteiger partial charge in [0.15, 0.2) is 0 Å². The molecule has 0 bridgehead atoms. The summed E-state index contributed by atoms with van der Waals surface area (Å²) in [7, 11) is -5.86. The van der Waals surface area contributed by atoms with Gasteiger partial charge in [0.25, 0.3) is 5.56 Å². The maximum absolute atomic E-state index is 12.3. The van der Waals surface area contributed by atoms with Crippen LogP contribution in [-0.4, -0.2) is 31.1 Å². The molecule has 0 amide bonds. The Bertz CT molecular complexity index is 783. The molecule has 2 rings (SSSR count). The van der Waals surface area contributed by atoms with Crippen LogP contribution in [0.5, 0.6) is 5.75 Å². The molecule has 11 heteroatoms. The number of alkyl halides is 3. The average Bonchev–Trinajstić information content (AvgIpc) is 2.81. The number of hydrogen-bond acceptors (Lipinski definition) is 6. The van der Waals surface area contributed by atoms with E-state index in [-0.39, 0.29) is 25.1 Å². The van der Waals surface area contributed by atoms with Gasteiger partial charge in [0.2, 0.25) is 0 Å². The van der Waals surface area contributed by atoms with Gasteiger partial charge in [-0.1, -0.05) is 0 Å². The lowest BCUT2D eigenvalue weighted by atomic mass is 10.2. The summed E-state index contributed by atoms with van der Waals surface area (Å²) >= 11 is 0. The fourth-order valence-corrected chi connectivity index (χ4v) is 2.70. The number of nitrogens with zero attached hydrogens (tertiary/aromatic N) is 1. The van der Waals surface area contributed by atoms with Crippen LogP contribution in [0.3, 0.4) is 0 Å². The van der Waals surface area contributed by atoms with Crippen LogP contribution in [0.15, 0.2) is 16.9 Å². The lowest BCUT2D eigenvalue weighted by Gasteiger charge is -2.14. The Hall–Kier alpha value is -2.04. The first-order chi connectivity index (χ1) is 10.6. The van der Waals surface area contributed by atoms with E-state index in [0.29, 0.717) is 6.07 Å². The minimum absolute atomic E-state index is 0.116. The van der Waals surface area contributed by atoms with Gasteiger partial charge >= 0.3 is 21.6 Å². The van der Waals surface area contributed by atoms with Crippen molar-refractivity contribution >= 4 is 16.1 Å². The van der Waals surface area contributed by atoms with Crippen molar-refractivity contribution in [3.8, 4) is 5.75 Å². The molecule has 128 valence electrons. The van der Waals surface area contributed by atoms with E-state index in [2.05, 4.69) is 4.18 Å². The van der Waals surface area contributed by atoms with E-state index in [9.17, 15) is 31.2 Å². The molecule has 1 atom stereocenters. The Morgan fingerprint density at radius 3 is 2.61 bits per heavy atom. The van der Waals surface area contributed by atoms with Crippen molar-refractivity contribution in [1.82, 2.24) is 4.57 Å². The summed E-state index contributed by atoms with van der Waals surface area (Å²) in [6.07, 6.45) is 0.422. The van der Waals surface area contributed by atoms with Gasteiger partial charge in [-0.15, -0.1) is 0 Å². The van der Waals surface area contributed by atoms with Crippen molar-refractivity contribution in [1.29, 1.82) is 0 Å². The second-order valence-electron chi connectivity index (χ2n) is 4.68.